The number of ether oxygens (including phenoxy) is 1. The van der Waals surface area contributed by atoms with E-state index in [9.17, 15) is 14.0 Å². The Balaban J connectivity index is 2.40. The maximum Gasteiger partial charge on any atom is 0.333 e. The molecule has 2 aromatic carbocycles. The Labute approximate surface area is 118 Å². The molecule has 0 atom stereocenters. The molecular formula is C15H11FN2O3. The van der Waals surface area contributed by atoms with Crippen LogP contribution in [0.1, 0.15) is 0 Å². The highest BCUT2D eigenvalue weighted by atomic mass is 19.1. The topological polar surface area (TPSA) is 64.1 Å². The van der Waals surface area contributed by atoms with Gasteiger partial charge in [-0.2, -0.15) is 0 Å². The Hall–Kier alpha value is -2.89. The molecule has 0 aliphatic rings. The molecule has 5 nitrogen and oxygen atoms in total. The molecule has 106 valence electrons. The van der Waals surface area contributed by atoms with E-state index in [0.717, 1.165) is 4.57 Å². The molecule has 6 heteroatoms. The highest BCUT2D eigenvalue weighted by Gasteiger charge is 2.13. The molecule has 3 aromatic rings. The number of fused-ring (bicyclic) bond motifs is 1. The van der Waals surface area contributed by atoms with Crippen LogP contribution in [0.5, 0.6) is 5.75 Å². The standard InChI is InChI=1S/C15H11FN2O3/c1-21-10-5-2-4-9(8-10)18-14(19)13-11(16)6-3-7-12(13)17-15(18)20/h2-8H,1H3,(H,17,20). The van der Waals surface area contributed by atoms with Crippen molar-refractivity contribution in [1.29, 1.82) is 0 Å². The summed E-state index contributed by atoms with van der Waals surface area (Å²) in [5.41, 5.74) is -0.860. The summed E-state index contributed by atoms with van der Waals surface area (Å²) in [6.07, 6.45) is 0. The maximum atomic E-state index is 13.9. The normalized spacial score (nSPS) is 10.8. The number of hydrogen-bond donors (Lipinski definition) is 1. The van der Waals surface area contributed by atoms with Gasteiger partial charge in [-0.3, -0.25) is 4.79 Å². The van der Waals surface area contributed by atoms with Crippen LogP contribution in [-0.2, 0) is 0 Å². The molecule has 0 spiro atoms. The average molecular weight is 286 g/mol. The van der Waals surface area contributed by atoms with Crippen LogP contribution in [0.15, 0.2) is 52.1 Å². The van der Waals surface area contributed by atoms with E-state index in [4.69, 9.17) is 4.74 Å². The van der Waals surface area contributed by atoms with E-state index in [0.29, 0.717) is 11.4 Å². The minimum Gasteiger partial charge on any atom is -0.497 e. The smallest absolute Gasteiger partial charge is 0.333 e. The zero-order valence-corrected chi connectivity index (χ0v) is 11.1. The number of hydrogen-bond acceptors (Lipinski definition) is 3. The van der Waals surface area contributed by atoms with Crippen molar-refractivity contribution in [3.05, 3.63) is 69.1 Å². The number of aromatic nitrogens is 2. The number of aromatic amines is 1. The second-order valence-electron chi connectivity index (χ2n) is 4.43. The first-order chi connectivity index (χ1) is 10.1. The van der Waals surface area contributed by atoms with Gasteiger partial charge in [0.25, 0.3) is 5.56 Å². The Bertz CT molecular complexity index is 944. The van der Waals surface area contributed by atoms with Gasteiger partial charge in [-0.25, -0.2) is 13.8 Å². The van der Waals surface area contributed by atoms with E-state index in [1.807, 2.05) is 0 Å². The van der Waals surface area contributed by atoms with Crippen molar-refractivity contribution in [2.75, 3.05) is 7.11 Å². The van der Waals surface area contributed by atoms with Gasteiger partial charge in [-0.15, -0.1) is 0 Å². The predicted molar refractivity (Wildman–Crippen MR) is 76.7 cm³/mol. The number of methoxy groups -OCH3 is 1. The third kappa shape index (κ3) is 2.10. The molecule has 1 heterocycles. The van der Waals surface area contributed by atoms with Crippen molar-refractivity contribution < 1.29 is 9.13 Å². The summed E-state index contributed by atoms with van der Waals surface area (Å²) < 4.78 is 19.8. The second-order valence-corrected chi connectivity index (χ2v) is 4.43. The molecule has 1 N–H and O–H groups in total. The molecule has 0 amide bonds. The van der Waals surface area contributed by atoms with Gasteiger partial charge in [0.15, 0.2) is 0 Å². The first-order valence-corrected chi connectivity index (χ1v) is 6.20. The van der Waals surface area contributed by atoms with Gasteiger partial charge in [0, 0.05) is 6.07 Å². The molecule has 0 radical (unpaired) electrons. The van der Waals surface area contributed by atoms with Gasteiger partial charge in [0.2, 0.25) is 0 Å². The predicted octanol–water partition coefficient (Wildman–Crippen LogP) is 1.83. The lowest BCUT2D eigenvalue weighted by Gasteiger charge is -2.08. The van der Waals surface area contributed by atoms with Crippen LogP contribution in [0.3, 0.4) is 0 Å². The lowest BCUT2D eigenvalue weighted by atomic mass is 10.2. The molecule has 0 saturated carbocycles. The summed E-state index contributed by atoms with van der Waals surface area (Å²) >= 11 is 0. The molecule has 0 aliphatic heterocycles. The van der Waals surface area contributed by atoms with Gasteiger partial charge >= 0.3 is 5.69 Å². The molecule has 21 heavy (non-hydrogen) atoms. The number of rotatable bonds is 2. The van der Waals surface area contributed by atoms with E-state index < -0.39 is 17.1 Å². The SMILES string of the molecule is COc1cccc(-n2c(=O)[nH]c3cccc(F)c3c2=O)c1. The summed E-state index contributed by atoms with van der Waals surface area (Å²) in [5, 5.41) is -0.153. The zero-order valence-electron chi connectivity index (χ0n) is 11.1. The molecule has 0 unspecified atom stereocenters. The minimum atomic E-state index is -0.708. The number of nitrogens with zero attached hydrogens (tertiary/aromatic N) is 1. The van der Waals surface area contributed by atoms with E-state index in [1.165, 1.54) is 31.4 Å². The second kappa shape index (κ2) is 4.90. The summed E-state index contributed by atoms with van der Waals surface area (Å²) in [6, 6.07) is 10.5. The molecule has 1 aromatic heterocycles. The van der Waals surface area contributed by atoms with Crippen LogP contribution < -0.4 is 16.0 Å². The van der Waals surface area contributed by atoms with Gasteiger partial charge in [0.1, 0.15) is 11.6 Å². The van der Waals surface area contributed by atoms with E-state index in [-0.39, 0.29) is 10.9 Å². The molecular weight excluding hydrogens is 275 g/mol. The monoisotopic (exact) mass is 286 g/mol. The molecule has 0 saturated heterocycles. The van der Waals surface area contributed by atoms with E-state index in [2.05, 4.69) is 4.98 Å². The lowest BCUT2D eigenvalue weighted by molar-refractivity contribution is 0.414. The lowest BCUT2D eigenvalue weighted by Crippen LogP contribution is -2.34. The van der Waals surface area contributed by atoms with Crippen LogP contribution in [0.2, 0.25) is 0 Å². The first-order valence-electron chi connectivity index (χ1n) is 6.20. The van der Waals surface area contributed by atoms with E-state index >= 15 is 0 Å². The summed E-state index contributed by atoms with van der Waals surface area (Å²) in [5.74, 6) is -0.183. The van der Waals surface area contributed by atoms with Crippen molar-refractivity contribution in [1.82, 2.24) is 9.55 Å². The van der Waals surface area contributed by atoms with Gasteiger partial charge in [0.05, 0.1) is 23.7 Å². The third-order valence-electron chi connectivity index (χ3n) is 3.19. The fourth-order valence-corrected chi connectivity index (χ4v) is 2.20. The summed E-state index contributed by atoms with van der Waals surface area (Å²) in [7, 11) is 1.48. The summed E-state index contributed by atoms with van der Waals surface area (Å²) in [6.45, 7) is 0. The molecule has 3 rings (SSSR count). The Morgan fingerprint density at radius 3 is 2.67 bits per heavy atom. The number of benzene rings is 2. The Morgan fingerprint density at radius 1 is 1.14 bits per heavy atom. The summed E-state index contributed by atoms with van der Waals surface area (Å²) in [4.78, 5) is 27.0. The maximum absolute atomic E-state index is 13.9. The largest absolute Gasteiger partial charge is 0.497 e. The highest BCUT2D eigenvalue weighted by Crippen LogP contribution is 2.15. The Morgan fingerprint density at radius 2 is 1.90 bits per heavy atom. The average Bonchev–Trinajstić information content (AvgIpc) is 2.47. The third-order valence-corrected chi connectivity index (χ3v) is 3.19. The van der Waals surface area contributed by atoms with E-state index in [1.54, 1.807) is 18.2 Å². The van der Waals surface area contributed by atoms with Crippen molar-refractivity contribution in [2.45, 2.75) is 0 Å². The van der Waals surface area contributed by atoms with Crippen LogP contribution in [0, 0.1) is 5.82 Å². The highest BCUT2D eigenvalue weighted by molar-refractivity contribution is 5.78. The first kappa shape index (κ1) is 13.1. The van der Waals surface area contributed by atoms with Gasteiger partial charge in [-0.05, 0) is 24.3 Å². The fourth-order valence-electron chi connectivity index (χ4n) is 2.20. The quantitative estimate of drug-likeness (QED) is 0.781. The minimum absolute atomic E-state index is 0.153. The Kier molecular flexibility index (Phi) is 3.06. The number of halogens is 1. The van der Waals surface area contributed by atoms with Crippen molar-refractivity contribution in [3.8, 4) is 11.4 Å². The van der Waals surface area contributed by atoms with Crippen LogP contribution in [0.25, 0.3) is 16.6 Å². The van der Waals surface area contributed by atoms with Crippen molar-refractivity contribution >= 4 is 10.9 Å². The fraction of sp³-hybridized carbons (Fsp3) is 0.0667. The molecule has 0 bridgehead atoms. The van der Waals surface area contributed by atoms with Crippen molar-refractivity contribution in [3.63, 3.8) is 0 Å². The zero-order chi connectivity index (χ0) is 15.0. The van der Waals surface area contributed by atoms with Crippen LogP contribution in [-0.4, -0.2) is 16.7 Å². The van der Waals surface area contributed by atoms with Gasteiger partial charge in [-0.1, -0.05) is 12.1 Å². The number of H-pyrrole nitrogens is 1. The molecule has 0 aliphatic carbocycles. The number of nitrogens with one attached hydrogen (secondary N) is 1. The van der Waals surface area contributed by atoms with Crippen LogP contribution >= 0.6 is 0 Å². The van der Waals surface area contributed by atoms with Crippen molar-refractivity contribution in [2.24, 2.45) is 0 Å². The van der Waals surface area contributed by atoms with Crippen LogP contribution in [0.4, 0.5) is 4.39 Å². The van der Waals surface area contributed by atoms with Gasteiger partial charge < -0.3 is 9.72 Å². The molecule has 0 fully saturated rings.